The summed E-state index contributed by atoms with van der Waals surface area (Å²) in [6.07, 6.45) is 2.17. The van der Waals surface area contributed by atoms with Crippen LogP contribution in [0, 0.1) is 0 Å². The van der Waals surface area contributed by atoms with E-state index in [1.807, 2.05) is 48.7 Å². The Morgan fingerprint density at radius 3 is 2.54 bits per heavy atom. The van der Waals surface area contributed by atoms with E-state index in [2.05, 4.69) is 10.4 Å². The minimum absolute atomic E-state index is 0.271. The second-order valence-corrected chi connectivity index (χ2v) is 9.20. The Labute approximate surface area is 209 Å². The van der Waals surface area contributed by atoms with Crippen molar-refractivity contribution in [2.45, 2.75) is 50.5 Å². The number of nitrogens with zero attached hydrogens (tertiary/aromatic N) is 3. The smallest absolute Gasteiger partial charge is 0.255 e. The Hall–Kier alpha value is -3.20. The average Bonchev–Trinajstić information content (AvgIpc) is 3.42. The van der Waals surface area contributed by atoms with E-state index >= 15 is 0 Å². The van der Waals surface area contributed by atoms with Crippen LogP contribution in [0.1, 0.15) is 49.4 Å². The second-order valence-electron chi connectivity index (χ2n) is 8.76. The molecule has 2 heterocycles. The fraction of sp³-hybridized carbons (Fsp3) is 0.346. The number of rotatable bonds is 7. The molecule has 0 bridgehead atoms. The minimum Gasteiger partial charge on any atom is -0.380 e. The molecule has 1 aromatic heterocycles. The molecule has 3 aromatic rings. The van der Waals surface area contributed by atoms with Crippen LogP contribution < -0.4 is 5.32 Å². The molecular formula is C26H29ClN4O4. The van der Waals surface area contributed by atoms with Gasteiger partial charge in [-0.05, 0) is 67.6 Å². The third-order valence-electron chi connectivity index (χ3n) is 6.36. The van der Waals surface area contributed by atoms with Crippen LogP contribution >= 0.6 is 11.6 Å². The quantitative estimate of drug-likeness (QED) is 0.465. The van der Waals surface area contributed by atoms with Gasteiger partial charge in [-0.2, -0.15) is 5.10 Å². The van der Waals surface area contributed by atoms with Gasteiger partial charge in [0.05, 0.1) is 17.8 Å². The zero-order valence-electron chi connectivity index (χ0n) is 19.4. The first-order chi connectivity index (χ1) is 16.8. The van der Waals surface area contributed by atoms with Crippen molar-refractivity contribution in [3.63, 3.8) is 0 Å². The SMILES string of the molecule is C[C@@H](NC(=O)[C@H](O)[C@@H](O)C(=O)N1CCCCC1c1cccc(Cl)c1)c1ccc(-n2cccn2)cc1. The molecule has 2 aromatic carbocycles. The zero-order valence-corrected chi connectivity index (χ0v) is 20.2. The van der Waals surface area contributed by atoms with E-state index in [1.165, 1.54) is 4.90 Å². The molecule has 4 atom stereocenters. The van der Waals surface area contributed by atoms with Crippen molar-refractivity contribution in [2.24, 2.45) is 0 Å². The monoisotopic (exact) mass is 496 g/mol. The lowest BCUT2D eigenvalue weighted by molar-refractivity contribution is -0.156. The number of aliphatic hydroxyl groups excluding tert-OH is 2. The van der Waals surface area contributed by atoms with E-state index < -0.39 is 30.1 Å². The number of hydrogen-bond acceptors (Lipinski definition) is 5. The summed E-state index contributed by atoms with van der Waals surface area (Å²) in [6.45, 7) is 2.20. The summed E-state index contributed by atoms with van der Waals surface area (Å²) in [7, 11) is 0. The van der Waals surface area contributed by atoms with E-state index in [0.717, 1.165) is 29.7 Å². The third kappa shape index (κ3) is 5.73. The van der Waals surface area contributed by atoms with Gasteiger partial charge < -0.3 is 20.4 Å². The number of likely N-dealkylation sites (tertiary alicyclic amines) is 1. The number of piperidine rings is 1. The van der Waals surface area contributed by atoms with Gasteiger partial charge in [0.1, 0.15) is 0 Å². The van der Waals surface area contributed by atoms with Gasteiger partial charge in [-0.25, -0.2) is 4.68 Å². The third-order valence-corrected chi connectivity index (χ3v) is 6.60. The van der Waals surface area contributed by atoms with Crippen molar-refractivity contribution < 1.29 is 19.8 Å². The van der Waals surface area contributed by atoms with Crippen LogP contribution in [-0.2, 0) is 9.59 Å². The van der Waals surface area contributed by atoms with E-state index in [1.54, 1.807) is 29.9 Å². The lowest BCUT2D eigenvalue weighted by Gasteiger charge is -2.38. The Kier molecular flexibility index (Phi) is 7.85. The topological polar surface area (TPSA) is 108 Å². The molecule has 1 aliphatic rings. The normalized spacial score (nSPS) is 18.5. The van der Waals surface area contributed by atoms with Crippen molar-refractivity contribution in [1.82, 2.24) is 20.0 Å². The van der Waals surface area contributed by atoms with Crippen LogP contribution in [0.4, 0.5) is 0 Å². The van der Waals surface area contributed by atoms with Crippen molar-refractivity contribution in [3.05, 3.63) is 83.1 Å². The van der Waals surface area contributed by atoms with Gasteiger partial charge in [0.25, 0.3) is 11.8 Å². The molecule has 1 aliphatic heterocycles. The molecule has 2 amide bonds. The maximum Gasteiger partial charge on any atom is 0.255 e. The zero-order chi connectivity index (χ0) is 24.9. The fourth-order valence-corrected chi connectivity index (χ4v) is 4.62. The van der Waals surface area contributed by atoms with Crippen LogP contribution in [0.5, 0.6) is 0 Å². The standard InChI is InChI=1S/C26H29ClN4O4/c1-17(18-9-11-21(12-10-18)31-15-5-13-28-31)29-25(34)23(32)24(33)26(35)30-14-3-2-8-22(30)19-6-4-7-20(27)16-19/h4-7,9-13,15-17,22-24,32-33H,2-3,8,14H2,1H3,(H,29,34)/t17-,22?,23-,24-/m1/s1. The van der Waals surface area contributed by atoms with Gasteiger partial charge in [0.2, 0.25) is 0 Å². The Morgan fingerprint density at radius 2 is 1.86 bits per heavy atom. The Morgan fingerprint density at radius 1 is 1.09 bits per heavy atom. The van der Waals surface area contributed by atoms with Crippen molar-refractivity contribution in [3.8, 4) is 5.69 Å². The summed E-state index contributed by atoms with van der Waals surface area (Å²) in [5.74, 6) is -1.49. The first-order valence-electron chi connectivity index (χ1n) is 11.7. The molecule has 1 fully saturated rings. The molecular weight excluding hydrogens is 468 g/mol. The molecule has 35 heavy (non-hydrogen) atoms. The van der Waals surface area contributed by atoms with Gasteiger partial charge in [0.15, 0.2) is 12.2 Å². The first-order valence-corrected chi connectivity index (χ1v) is 12.1. The number of amides is 2. The molecule has 9 heteroatoms. The lowest BCUT2D eigenvalue weighted by Crippen LogP contribution is -2.52. The molecule has 3 N–H and O–H groups in total. The number of aromatic nitrogens is 2. The number of hydrogen-bond donors (Lipinski definition) is 3. The van der Waals surface area contributed by atoms with Crippen molar-refractivity contribution >= 4 is 23.4 Å². The Balaban J connectivity index is 1.40. The first kappa shape index (κ1) is 24.9. The van der Waals surface area contributed by atoms with Gasteiger partial charge >= 0.3 is 0 Å². The largest absolute Gasteiger partial charge is 0.380 e. The van der Waals surface area contributed by atoms with Crippen molar-refractivity contribution in [2.75, 3.05) is 6.54 Å². The summed E-state index contributed by atoms with van der Waals surface area (Å²) in [6, 6.07) is 15.8. The van der Waals surface area contributed by atoms with E-state index in [0.29, 0.717) is 18.0 Å². The fourth-order valence-electron chi connectivity index (χ4n) is 4.42. The number of aliphatic hydroxyl groups is 2. The van der Waals surface area contributed by atoms with Crippen LogP contribution in [0.25, 0.3) is 5.69 Å². The predicted octanol–water partition coefficient (Wildman–Crippen LogP) is 3.18. The van der Waals surface area contributed by atoms with Gasteiger partial charge in [0, 0.05) is 24.0 Å². The van der Waals surface area contributed by atoms with Crippen LogP contribution in [-0.4, -0.2) is 55.5 Å². The summed E-state index contributed by atoms with van der Waals surface area (Å²) >= 11 is 6.13. The lowest BCUT2D eigenvalue weighted by atomic mass is 9.94. The van der Waals surface area contributed by atoms with E-state index in [4.69, 9.17) is 11.6 Å². The molecule has 1 unspecified atom stereocenters. The highest BCUT2D eigenvalue weighted by Crippen LogP contribution is 2.32. The summed E-state index contributed by atoms with van der Waals surface area (Å²) in [5, 5.41) is 28.5. The van der Waals surface area contributed by atoms with Gasteiger partial charge in [-0.3, -0.25) is 9.59 Å². The highest BCUT2D eigenvalue weighted by Gasteiger charge is 2.37. The molecule has 4 rings (SSSR count). The maximum absolute atomic E-state index is 13.1. The maximum atomic E-state index is 13.1. The average molecular weight is 497 g/mol. The summed E-state index contributed by atoms with van der Waals surface area (Å²) in [4.78, 5) is 27.3. The van der Waals surface area contributed by atoms with Crippen LogP contribution in [0.3, 0.4) is 0 Å². The summed E-state index contributed by atoms with van der Waals surface area (Å²) in [5.41, 5.74) is 2.54. The van der Waals surface area contributed by atoms with Crippen molar-refractivity contribution in [1.29, 1.82) is 0 Å². The van der Waals surface area contributed by atoms with Gasteiger partial charge in [-0.15, -0.1) is 0 Å². The Bertz CT molecular complexity index is 1150. The highest BCUT2D eigenvalue weighted by atomic mass is 35.5. The second kappa shape index (κ2) is 11.0. The molecule has 1 saturated heterocycles. The molecule has 8 nitrogen and oxygen atoms in total. The van der Waals surface area contributed by atoms with E-state index in [-0.39, 0.29) is 6.04 Å². The molecule has 0 aliphatic carbocycles. The summed E-state index contributed by atoms with van der Waals surface area (Å²) < 4.78 is 1.72. The number of carbonyl (C=O) groups excluding carboxylic acids is 2. The van der Waals surface area contributed by atoms with E-state index in [9.17, 15) is 19.8 Å². The van der Waals surface area contributed by atoms with Crippen LogP contribution in [0.2, 0.25) is 5.02 Å². The minimum atomic E-state index is -1.89. The molecule has 0 spiro atoms. The van der Waals surface area contributed by atoms with Gasteiger partial charge in [-0.1, -0.05) is 35.9 Å². The van der Waals surface area contributed by atoms with Crippen LogP contribution in [0.15, 0.2) is 67.0 Å². The number of halogens is 1. The number of benzene rings is 2. The highest BCUT2D eigenvalue weighted by molar-refractivity contribution is 6.30. The number of nitrogens with one attached hydrogen (secondary N) is 1. The predicted molar refractivity (Wildman–Crippen MR) is 132 cm³/mol. The molecule has 0 radical (unpaired) electrons. The number of carbonyl (C=O) groups is 2. The molecule has 0 saturated carbocycles. The molecule has 184 valence electrons.